The van der Waals surface area contributed by atoms with E-state index in [2.05, 4.69) is 5.32 Å². The topological polar surface area (TPSA) is 72.2 Å². The van der Waals surface area contributed by atoms with Gasteiger partial charge in [0, 0.05) is 16.5 Å². The monoisotopic (exact) mass is 426 g/mol. The minimum absolute atomic E-state index is 0.107. The SMILES string of the molecule is NC(=O)[C@H](Cc1c(Cl)cccc1Cl)NC(=O)C(c1ccccc1)c1ccccc1. The lowest BCUT2D eigenvalue weighted by atomic mass is 9.90. The second-order valence-corrected chi connectivity index (χ2v) is 7.44. The first-order valence-electron chi connectivity index (χ1n) is 9.10. The minimum Gasteiger partial charge on any atom is -0.368 e. The summed E-state index contributed by atoms with van der Waals surface area (Å²) in [6.07, 6.45) is 0.107. The molecule has 0 aliphatic carbocycles. The van der Waals surface area contributed by atoms with E-state index in [1.54, 1.807) is 18.2 Å². The van der Waals surface area contributed by atoms with Gasteiger partial charge in [-0.3, -0.25) is 9.59 Å². The summed E-state index contributed by atoms with van der Waals surface area (Å²) in [4.78, 5) is 25.3. The summed E-state index contributed by atoms with van der Waals surface area (Å²) in [5.74, 6) is -1.57. The molecule has 0 radical (unpaired) electrons. The molecule has 148 valence electrons. The number of nitrogens with one attached hydrogen (secondary N) is 1. The maximum atomic E-state index is 13.2. The van der Waals surface area contributed by atoms with Crippen LogP contribution in [0, 0.1) is 0 Å². The largest absolute Gasteiger partial charge is 0.368 e. The van der Waals surface area contributed by atoms with E-state index in [-0.39, 0.29) is 12.3 Å². The fraction of sp³-hybridized carbons (Fsp3) is 0.130. The number of rotatable bonds is 7. The van der Waals surface area contributed by atoms with Gasteiger partial charge >= 0.3 is 0 Å². The highest BCUT2D eigenvalue weighted by Gasteiger charge is 2.27. The summed E-state index contributed by atoms with van der Waals surface area (Å²) in [5, 5.41) is 3.62. The number of carbonyl (C=O) groups excluding carboxylic acids is 2. The summed E-state index contributed by atoms with van der Waals surface area (Å²) in [6.45, 7) is 0. The Bertz CT molecular complexity index is 935. The molecule has 0 saturated heterocycles. The smallest absolute Gasteiger partial charge is 0.240 e. The fourth-order valence-electron chi connectivity index (χ4n) is 3.20. The van der Waals surface area contributed by atoms with E-state index in [4.69, 9.17) is 28.9 Å². The summed E-state index contributed by atoms with van der Waals surface area (Å²) >= 11 is 12.4. The van der Waals surface area contributed by atoms with Crippen LogP contribution in [0.1, 0.15) is 22.6 Å². The number of amides is 2. The highest BCUT2D eigenvalue weighted by Crippen LogP contribution is 2.27. The molecule has 4 nitrogen and oxygen atoms in total. The molecule has 0 spiro atoms. The predicted octanol–water partition coefficient (Wildman–Crippen LogP) is 4.34. The van der Waals surface area contributed by atoms with Crippen LogP contribution in [0.5, 0.6) is 0 Å². The first kappa shape index (κ1) is 20.9. The van der Waals surface area contributed by atoms with E-state index in [1.165, 1.54) is 0 Å². The fourth-order valence-corrected chi connectivity index (χ4v) is 3.75. The normalized spacial score (nSPS) is 11.8. The number of hydrogen-bond donors (Lipinski definition) is 2. The first-order chi connectivity index (χ1) is 14.0. The lowest BCUT2D eigenvalue weighted by Crippen LogP contribution is -2.47. The molecule has 0 aliphatic heterocycles. The maximum absolute atomic E-state index is 13.2. The molecule has 1 atom stereocenters. The maximum Gasteiger partial charge on any atom is 0.240 e. The van der Waals surface area contributed by atoms with E-state index in [0.717, 1.165) is 11.1 Å². The van der Waals surface area contributed by atoms with E-state index in [0.29, 0.717) is 15.6 Å². The van der Waals surface area contributed by atoms with Crippen LogP contribution in [-0.2, 0) is 16.0 Å². The third-order valence-electron chi connectivity index (χ3n) is 4.66. The van der Waals surface area contributed by atoms with Crippen molar-refractivity contribution in [3.8, 4) is 0 Å². The Morgan fingerprint density at radius 3 is 1.72 bits per heavy atom. The van der Waals surface area contributed by atoms with Crippen LogP contribution in [0.2, 0.25) is 10.0 Å². The van der Waals surface area contributed by atoms with E-state index >= 15 is 0 Å². The molecule has 29 heavy (non-hydrogen) atoms. The molecular formula is C23H20Cl2N2O2. The molecule has 0 saturated carbocycles. The van der Waals surface area contributed by atoms with Crippen LogP contribution in [-0.4, -0.2) is 17.9 Å². The average molecular weight is 427 g/mol. The summed E-state index contributed by atoms with van der Waals surface area (Å²) in [5.41, 5.74) is 7.77. The van der Waals surface area contributed by atoms with Crippen LogP contribution in [0.15, 0.2) is 78.9 Å². The van der Waals surface area contributed by atoms with Crippen LogP contribution in [0.25, 0.3) is 0 Å². The lowest BCUT2D eigenvalue weighted by molar-refractivity contribution is -0.127. The quantitative estimate of drug-likeness (QED) is 0.589. The molecule has 6 heteroatoms. The van der Waals surface area contributed by atoms with E-state index < -0.39 is 17.9 Å². The Balaban J connectivity index is 1.90. The molecule has 0 unspecified atom stereocenters. The van der Waals surface area contributed by atoms with Gasteiger partial charge < -0.3 is 11.1 Å². The van der Waals surface area contributed by atoms with Crippen molar-refractivity contribution in [1.82, 2.24) is 5.32 Å². The zero-order chi connectivity index (χ0) is 20.8. The molecule has 2 amide bonds. The number of carbonyl (C=O) groups is 2. The predicted molar refractivity (Wildman–Crippen MR) is 116 cm³/mol. The zero-order valence-electron chi connectivity index (χ0n) is 15.5. The second-order valence-electron chi connectivity index (χ2n) is 6.62. The van der Waals surface area contributed by atoms with Gasteiger partial charge in [-0.25, -0.2) is 0 Å². The Kier molecular flexibility index (Phi) is 6.91. The molecule has 0 aromatic heterocycles. The number of hydrogen-bond acceptors (Lipinski definition) is 2. The third-order valence-corrected chi connectivity index (χ3v) is 5.37. The van der Waals surface area contributed by atoms with Crippen molar-refractivity contribution in [2.75, 3.05) is 0 Å². The summed E-state index contributed by atoms with van der Waals surface area (Å²) < 4.78 is 0. The Labute approximate surface area is 179 Å². The van der Waals surface area contributed by atoms with Crippen LogP contribution >= 0.6 is 23.2 Å². The Morgan fingerprint density at radius 1 is 0.793 bits per heavy atom. The van der Waals surface area contributed by atoms with Crippen LogP contribution < -0.4 is 11.1 Å². The molecule has 3 N–H and O–H groups in total. The zero-order valence-corrected chi connectivity index (χ0v) is 17.0. The van der Waals surface area contributed by atoms with Crippen molar-refractivity contribution in [2.24, 2.45) is 5.73 Å². The van der Waals surface area contributed by atoms with Gasteiger partial charge in [0.15, 0.2) is 0 Å². The number of benzene rings is 3. The molecule has 3 rings (SSSR count). The molecule has 0 bridgehead atoms. The molecule has 3 aromatic rings. The van der Waals surface area contributed by atoms with Crippen LogP contribution in [0.4, 0.5) is 0 Å². The van der Waals surface area contributed by atoms with Crippen molar-refractivity contribution in [3.63, 3.8) is 0 Å². The highest BCUT2D eigenvalue weighted by atomic mass is 35.5. The average Bonchev–Trinajstić information content (AvgIpc) is 2.71. The molecule has 0 heterocycles. The standard InChI is InChI=1S/C23H20Cl2N2O2/c24-18-12-7-13-19(25)17(18)14-20(22(26)28)27-23(29)21(15-8-3-1-4-9-15)16-10-5-2-6-11-16/h1-13,20-21H,14H2,(H2,26,28)(H,27,29)/t20-/m0/s1. The number of halogens is 2. The van der Waals surface area contributed by atoms with E-state index in [9.17, 15) is 9.59 Å². The van der Waals surface area contributed by atoms with Gasteiger partial charge in [-0.15, -0.1) is 0 Å². The lowest BCUT2D eigenvalue weighted by Gasteiger charge is -2.22. The van der Waals surface area contributed by atoms with E-state index in [1.807, 2.05) is 60.7 Å². The van der Waals surface area contributed by atoms with Crippen LogP contribution in [0.3, 0.4) is 0 Å². The molecular weight excluding hydrogens is 407 g/mol. The van der Waals surface area contributed by atoms with Gasteiger partial charge in [0.25, 0.3) is 0 Å². The first-order valence-corrected chi connectivity index (χ1v) is 9.85. The molecule has 3 aromatic carbocycles. The van der Waals surface area contributed by atoms with Gasteiger partial charge in [0.1, 0.15) is 6.04 Å². The third kappa shape index (κ3) is 5.17. The van der Waals surface area contributed by atoms with Crippen molar-refractivity contribution in [2.45, 2.75) is 18.4 Å². The second kappa shape index (κ2) is 9.59. The summed E-state index contributed by atoms with van der Waals surface area (Å²) in [6, 6.07) is 22.9. The van der Waals surface area contributed by atoms with Gasteiger partial charge in [-0.2, -0.15) is 0 Å². The molecule has 0 fully saturated rings. The van der Waals surface area contributed by atoms with Crippen molar-refractivity contribution >= 4 is 35.0 Å². The summed E-state index contributed by atoms with van der Waals surface area (Å²) in [7, 11) is 0. The number of primary amides is 1. The highest BCUT2D eigenvalue weighted by molar-refractivity contribution is 6.36. The van der Waals surface area contributed by atoms with Gasteiger partial charge in [0.05, 0.1) is 5.92 Å². The van der Waals surface area contributed by atoms with Crippen molar-refractivity contribution in [1.29, 1.82) is 0 Å². The van der Waals surface area contributed by atoms with Gasteiger partial charge in [-0.05, 0) is 28.8 Å². The number of nitrogens with two attached hydrogens (primary N) is 1. The van der Waals surface area contributed by atoms with Gasteiger partial charge in [-0.1, -0.05) is 89.9 Å². The van der Waals surface area contributed by atoms with Crippen molar-refractivity contribution < 1.29 is 9.59 Å². The Morgan fingerprint density at radius 2 is 1.28 bits per heavy atom. The van der Waals surface area contributed by atoms with Crippen molar-refractivity contribution in [3.05, 3.63) is 106 Å². The van der Waals surface area contributed by atoms with Gasteiger partial charge in [0.2, 0.25) is 11.8 Å². The Hall–Kier alpha value is -2.82. The minimum atomic E-state index is -0.949. The molecule has 0 aliphatic rings.